The zero-order chi connectivity index (χ0) is 17.5. The SMILES string of the molecule is Cc1ccc(C)c(NC(=O)COC(=O)CNC(=O)c2ccco2)c1. The van der Waals surface area contributed by atoms with Crippen LogP contribution in [0.4, 0.5) is 5.69 Å². The number of carbonyl (C=O) groups excluding carboxylic acids is 3. The third-order valence-corrected chi connectivity index (χ3v) is 3.17. The Labute approximate surface area is 139 Å². The van der Waals surface area contributed by atoms with Gasteiger partial charge in [-0.3, -0.25) is 14.4 Å². The summed E-state index contributed by atoms with van der Waals surface area (Å²) in [6.45, 7) is 3.00. The highest BCUT2D eigenvalue weighted by Gasteiger charge is 2.12. The minimum atomic E-state index is -0.717. The highest BCUT2D eigenvalue weighted by molar-refractivity contribution is 5.95. The third-order valence-electron chi connectivity index (χ3n) is 3.17. The van der Waals surface area contributed by atoms with Gasteiger partial charge in [0.15, 0.2) is 12.4 Å². The second kappa shape index (κ2) is 7.96. The van der Waals surface area contributed by atoms with E-state index in [9.17, 15) is 14.4 Å². The van der Waals surface area contributed by atoms with Crippen molar-refractivity contribution in [3.05, 3.63) is 53.5 Å². The fourth-order valence-corrected chi connectivity index (χ4v) is 1.90. The number of aryl methyl sites for hydroxylation is 2. The minimum absolute atomic E-state index is 0.0930. The van der Waals surface area contributed by atoms with Crippen molar-refractivity contribution in [3.63, 3.8) is 0 Å². The van der Waals surface area contributed by atoms with E-state index in [-0.39, 0.29) is 12.3 Å². The van der Waals surface area contributed by atoms with Crippen molar-refractivity contribution in [2.24, 2.45) is 0 Å². The molecule has 2 N–H and O–H groups in total. The first kappa shape index (κ1) is 17.3. The zero-order valence-corrected chi connectivity index (χ0v) is 13.4. The van der Waals surface area contributed by atoms with Crippen LogP contribution in [0.15, 0.2) is 41.0 Å². The summed E-state index contributed by atoms with van der Waals surface area (Å²) >= 11 is 0. The molecule has 0 spiro atoms. The molecule has 0 saturated heterocycles. The molecule has 0 bridgehead atoms. The van der Waals surface area contributed by atoms with Crippen molar-refractivity contribution in [3.8, 4) is 0 Å². The van der Waals surface area contributed by atoms with E-state index >= 15 is 0 Å². The summed E-state index contributed by atoms with van der Waals surface area (Å²) < 4.78 is 9.70. The Hall–Kier alpha value is -3.09. The first-order chi connectivity index (χ1) is 11.5. The Balaban J connectivity index is 1.74. The van der Waals surface area contributed by atoms with Crippen molar-refractivity contribution in [2.45, 2.75) is 13.8 Å². The van der Waals surface area contributed by atoms with Crippen LogP contribution < -0.4 is 10.6 Å². The van der Waals surface area contributed by atoms with Gasteiger partial charge in [-0.25, -0.2) is 0 Å². The molecule has 2 amide bonds. The van der Waals surface area contributed by atoms with Gasteiger partial charge in [0.2, 0.25) is 0 Å². The first-order valence-corrected chi connectivity index (χ1v) is 7.30. The fourth-order valence-electron chi connectivity index (χ4n) is 1.90. The molecule has 1 heterocycles. The lowest BCUT2D eigenvalue weighted by atomic mass is 10.1. The van der Waals surface area contributed by atoms with E-state index in [4.69, 9.17) is 9.15 Å². The third kappa shape index (κ3) is 4.98. The van der Waals surface area contributed by atoms with Crippen LogP contribution in [-0.4, -0.2) is 30.9 Å². The largest absolute Gasteiger partial charge is 0.459 e. The van der Waals surface area contributed by atoms with Gasteiger partial charge in [0.25, 0.3) is 11.8 Å². The number of amides is 2. The molecule has 0 radical (unpaired) electrons. The van der Waals surface area contributed by atoms with E-state index in [0.717, 1.165) is 11.1 Å². The molecule has 1 aromatic heterocycles. The van der Waals surface area contributed by atoms with Crippen molar-refractivity contribution in [1.29, 1.82) is 0 Å². The van der Waals surface area contributed by atoms with Gasteiger partial charge >= 0.3 is 5.97 Å². The lowest BCUT2D eigenvalue weighted by Crippen LogP contribution is -2.32. The normalized spacial score (nSPS) is 10.1. The smallest absolute Gasteiger partial charge is 0.325 e. The minimum Gasteiger partial charge on any atom is -0.459 e. The van der Waals surface area contributed by atoms with Crippen LogP contribution in [0.5, 0.6) is 0 Å². The maximum Gasteiger partial charge on any atom is 0.325 e. The number of carbonyl (C=O) groups is 3. The molecular formula is C17H18N2O5. The molecule has 0 unspecified atom stereocenters. The van der Waals surface area contributed by atoms with E-state index in [1.165, 1.54) is 12.3 Å². The average molecular weight is 330 g/mol. The highest BCUT2D eigenvalue weighted by atomic mass is 16.5. The molecule has 0 atom stereocenters. The summed E-state index contributed by atoms with van der Waals surface area (Å²) in [5.74, 6) is -1.60. The first-order valence-electron chi connectivity index (χ1n) is 7.30. The van der Waals surface area contributed by atoms with Gasteiger partial charge < -0.3 is 19.8 Å². The summed E-state index contributed by atoms with van der Waals surface area (Å²) in [5.41, 5.74) is 2.58. The van der Waals surface area contributed by atoms with Gasteiger partial charge in [0.1, 0.15) is 6.54 Å². The molecular weight excluding hydrogens is 312 g/mol. The summed E-state index contributed by atoms with van der Waals surface area (Å²) in [4.78, 5) is 34.9. The predicted molar refractivity (Wildman–Crippen MR) is 86.5 cm³/mol. The lowest BCUT2D eigenvalue weighted by molar-refractivity contribution is -0.146. The monoisotopic (exact) mass is 330 g/mol. The van der Waals surface area contributed by atoms with Gasteiger partial charge in [-0.2, -0.15) is 0 Å². The molecule has 0 fully saturated rings. The maximum absolute atomic E-state index is 11.8. The Morgan fingerprint density at radius 1 is 1.17 bits per heavy atom. The topological polar surface area (TPSA) is 97.6 Å². The summed E-state index contributed by atoms with van der Waals surface area (Å²) in [5, 5.41) is 5.01. The van der Waals surface area contributed by atoms with Gasteiger partial charge in [0.05, 0.1) is 6.26 Å². The van der Waals surface area contributed by atoms with Gasteiger partial charge in [-0.15, -0.1) is 0 Å². The Morgan fingerprint density at radius 3 is 2.67 bits per heavy atom. The van der Waals surface area contributed by atoms with Crippen molar-refractivity contribution >= 4 is 23.5 Å². The van der Waals surface area contributed by atoms with Crippen LogP contribution in [0.2, 0.25) is 0 Å². The molecule has 126 valence electrons. The maximum atomic E-state index is 11.8. The Morgan fingerprint density at radius 2 is 1.96 bits per heavy atom. The fraction of sp³-hybridized carbons (Fsp3) is 0.235. The van der Waals surface area contributed by atoms with Crippen LogP contribution in [0.1, 0.15) is 21.7 Å². The molecule has 0 aliphatic carbocycles. The molecule has 0 aliphatic rings. The molecule has 2 aromatic rings. The van der Waals surface area contributed by atoms with E-state index in [1.807, 2.05) is 32.0 Å². The summed E-state index contributed by atoms with van der Waals surface area (Å²) in [7, 11) is 0. The van der Waals surface area contributed by atoms with Crippen LogP contribution in [0.25, 0.3) is 0 Å². The van der Waals surface area contributed by atoms with Crippen molar-refractivity contribution in [2.75, 3.05) is 18.5 Å². The van der Waals surface area contributed by atoms with E-state index in [0.29, 0.717) is 5.69 Å². The molecule has 7 heteroatoms. The number of benzene rings is 1. The number of nitrogens with one attached hydrogen (secondary N) is 2. The van der Waals surface area contributed by atoms with Gasteiger partial charge in [-0.05, 0) is 43.2 Å². The molecule has 2 rings (SSSR count). The number of ether oxygens (including phenoxy) is 1. The lowest BCUT2D eigenvalue weighted by Gasteiger charge is -2.10. The summed E-state index contributed by atoms with van der Waals surface area (Å²) in [6.07, 6.45) is 1.35. The van der Waals surface area contributed by atoms with E-state index < -0.39 is 24.4 Å². The molecule has 24 heavy (non-hydrogen) atoms. The van der Waals surface area contributed by atoms with E-state index in [2.05, 4.69) is 10.6 Å². The second-order valence-corrected chi connectivity index (χ2v) is 5.19. The van der Waals surface area contributed by atoms with Gasteiger partial charge in [0, 0.05) is 5.69 Å². The number of furan rings is 1. The average Bonchev–Trinajstić information content (AvgIpc) is 3.08. The van der Waals surface area contributed by atoms with Crippen LogP contribution in [0.3, 0.4) is 0 Å². The molecule has 7 nitrogen and oxygen atoms in total. The number of rotatable bonds is 6. The standard InChI is InChI=1S/C17H18N2O5/c1-11-5-6-12(2)13(8-11)19-15(20)10-24-16(21)9-18-17(22)14-4-3-7-23-14/h3-8H,9-10H2,1-2H3,(H,18,22)(H,19,20). The number of esters is 1. The van der Waals surface area contributed by atoms with E-state index in [1.54, 1.807) is 6.07 Å². The molecule has 0 aliphatic heterocycles. The predicted octanol–water partition coefficient (Wildman–Crippen LogP) is 1.81. The Bertz CT molecular complexity index is 737. The van der Waals surface area contributed by atoms with Crippen LogP contribution in [-0.2, 0) is 14.3 Å². The number of hydrogen-bond donors (Lipinski definition) is 2. The zero-order valence-electron chi connectivity index (χ0n) is 13.4. The molecule has 1 aromatic carbocycles. The Kier molecular flexibility index (Phi) is 5.73. The quantitative estimate of drug-likeness (QED) is 0.787. The highest BCUT2D eigenvalue weighted by Crippen LogP contribution is 2.16. The number of hydrogen-bond acceptors (Lipinski definition) is 5. The second-order valence-electron chi connectivity index (χ2n) is 5.19. The summed E-state index contributed by atoms with van der Waals surface area (Å²) in [6, 6.07) is 8.69. The number of anilines is 1. The van der Waals surface area contributed by atoms with Crippen molar-refractivity contribution < 1.29 is 23.5 Å². The van der Waals surface area contributed by atoms with Crippen LogP contribution >= 0.6 is 0 Å². The molecule has 0 saturated carbocycles. The van der Waals surface area contributed by atoms with Gasteiger partial charge in [-0.1, -0.05) is 12.1 Å². The van der Waals surface area contributed by atoms with Crippen LogP contribution in [0, 0.1) is 13.8 Å². The van der Waals surface area contributed by atoms with Crippen molar-refractivity contribution in [1.82, 2.24) is 5.32 Å².